The van der Waals surface area contributed by atoms with E-state index in [0.717, 1.165) is 11.1 Å². The van der Waals surface area contributed by atoms with Gasteiger partial charge in [0, 0.05) is 35.7 Å². The van der Waals surface area contributed by atoms with Gasteiger partial charge in [-0.05, 0) is 60.2 Å². The quantitative estimate of drug-likeness (QED) is 0.326. The van der Waals surface area contributed by atoms with Crippen molar-refractivity contribution >= 4 is 17.5 Å². The van der Waals surface area contributed by atoms with Crippen LogP contribution in [0.5, 0.6) is 23.0 Å². The third kappa shape index (κ3) is 5.75. The summed E-state index contributed by atoms with van der Waals surface area (Å²) in [4.78, 5) is 32.5. The Kier molecular flexibility index (Phi) is 8.61. The average Bonchev–Trinajstić information content (AvgIpc) is 3.00. The lowest BCUT2D eigenvalue weighted by Crippen LogP contribution is -2.38. The van der Waals surface area contributed by atoms with Crippen LogP contribution in [0.4, 0.5) is 0 Å². The number of hydrogen-bond donors (Lipinski definition) is 1. The Morgan fingerprint density at radius 3 is 2.29 bits per heavy atom. The molecule has 1 aliphatic carbocycles. The number of esters is 1. The Bertz CT molecular complexity index is 1540. The highest BCUT2D eigenvalue weighted by Gasteiger charge is 2.45. The number of benzene rings is 3. The number of carbonyl (C=O) groups is 2. The van der Waals surface area contributed by atoms with Gasteiger partial charge >= 0.3 is 5.97 Å². The molecular formula is C34H35NO7. The molecule has 3 aromatic carbocycles. The summed E-state index contributed by atoms with van der Waals surface area (Å²) >= 11 is 0. The van der Waals surface area contributed by atoms with Crippen LogP contribution < -0.4 is 14.2 Å². The van der Waals surface area contributed by atoms with Gasteiger partial charge in [0.05, 0.1) is 27.9 Å². The summed E-state index contributed by atoms with van der Waals surface area (Å²) in [5.41, 5.74) is 4.44. The monoisotopic (exact) mass is 569 g/mol. The zero-order valence-corrected chi connectivity index (χ0v) is 24.3. The van der Waals surface area contributed by atoms with E-state index in [2.05, 4.69) is 0 Å². The summed E-state index contributed by atoms with van der Waals surface area (Å²) in [6.45, 7) is 2.02. The number of carbonyl (C=O) groups excluding carboxylic acids is 2. The van der Waals surface area contributed by atoms with Crippen molar-refractivity contribution < 1.29 is 33.6 Å². The molecule has 218 valence electrons. The fourth-order valence-electron chi connectivity index (χ4n) is 5.96. The van der Waals surface area contributed by atoms with Crippen LogP contribution in [0.1, 0.15) is 48.3 Å². The molecule has 8 heteroatoms. The third-order valence-corrected chi connectivity index (χ3v) is 8.06. The fourth-order valence-corrected chi connectivity index (χ4v) is 5.96. The van der Waals surface area contributed by atoms with E-state index in [0.29, 0.717) is 46.9 Å². The largest absolute Gasteiger partial charge is 0.504 e. The Balaban J connectivity index is 1.50. The molecule has 1 aliphatic heterocycles. The Labute approximate surface area is 245 Å². The first kappa shape index (κ1) is 28.9. The van der Waals surface area contributed by atoms with Gasteiger partial charge in [0.2, 0.25) is 0 Å². The average molecular weight is 570 g/mol. The SMILES string of the molecule is COc1cc([C@H]2C3=C(C[C@@H](c4ccc(OC)c(OC)c4)CC3=O)N=C(C)C2C(=O)OCCc2ccccc2)ccc1O. The van der Waals surface area contributed by atoms with Crippen molar-refractivity contribution in [3.05, 3.63) is 94.7 Å². The topological polar surface area (TPSA) is 104 Å². The maximum Gasteiger partial charge on any atom is 0.315 e. The summed E-state index contributed by atoms with van der Waals surface area (Å²) in [6, 6.07) is 20.4. The molecule has 1 N–H and O–H groups in total. The first-order valence-corrected chi connectivity index (χ1v) is 13.9. The van der Waals surface area contributed by atoms with Crippen molar-refractivity contribution in [2.45, 2.75) is 38.0 Å². The van der Waals surface area contributed by atoms with E-state index in [9.17, 15) is 14.7 Å². The number of phenols is 1. The van der Waals surface area contributed by atoms with E-state index in [1.807, 2.05) is 55.5 Å². The van der Waals surface area contributed by atoms with E-state index in [1.165, 1.54) is 13.2 Å². The first-order valence-electron chi connectivity index (χ1n) is 13.9. The molecule has 1 unspecified atom stereocenters. The van der Waals surface area contributed by atoms with Crippen molar-refractivity contribution in [1.29, 1.82) is 0 Å². The highest BCUT2D eigenvalue weighted by Crippen LogP contribution is 2.48. The summed E-state index contributed by atoms with van der Waals surface area (Å²) in [5.74, 6) is -0.610. The highest BCUT2D eigenvalue weighted by atomic mass is 16.5. The van der Waals surface area contributed by atoms with Crippen LogP contribution in [0, 0.1) is 5.92 Å². The van der Waals surface area contributed by atoms with E-state index in [1.54, 1.807) is 26.4 Å². The van der Waals surface area contributed by atoms with E-state index in [4.69, 9.17) is 23.9 Å². The smallest absolute Gasteiger partial charge is 0.315 e. The fraction of sp³-hybridized carbons (Fsp3) is 0.324. The predicted molar refractivity (Wildman–Crippen MR) is 159 cm³/mol. The number of aromatic hydroxyl groups is 1. The summed E-state index contributed by atoms with van der Waals surface area (Å²) in [6.07, 6.45) is 1.35. The molecule has 0 amide bonds. The molecule has 3 atom stereocenters. The molecule has 0 fully saturated rings. The number of ether oxygens (including phenoxy) is 4. The molecule has 0 bridgehead atoms. The molecule has 8 nitrogen and oxygen atoms in total. The summed E-state index contributed by atoms with van der Waals surface area (Å²) < 4.78 is 22.0. The van der Waals surface area contributed by atoms with Gasteiger partial charge in [-0.2, -0.15) is 0 Å². The van der Waals surface area contributed by atoms with Crippen LogP contribution in [0.2, 0.25) is 0 Å². The third-order valence-electron chi connectivity index (χ3n) is 8.06. The van der Waals surface area contributed by atoms with Crippen LogP contribution in [-0.4, -0.2) is 50.5 Å². The van der Waals surface area contributed by atoms with Gasteiger partial charge in [0.1, 0.15) is 5.92 Å². The lowest BCUT2D eigenvalue weighted by Gasteiger charge is -2.36. The number of allylic oxidation sites excluding steroid dienone is 2. The summed E-state index contributed by atoms with van der Waals surface area (Å²) in [5, 5.41) is 10.3. The zero-order chi connectivity index (χ0) is 29.8. The van der Waals surface area contributed by atoms with Gasteiger partial charge < -0.3 is 24.1 Å². The molecule has 1 heterocycles. The van der Waals surface area contributed by atoms with Gasteiger partial charge in [-0.3, -0.25) is 14.6 Å². The van der Waals surface area contributed by atoms with Crippen molar-refractivity contribution in [3.8, 4) is 23.0 Å². The maximum atomic E-state index is 14.0. The number of Topliss-reactive ketones (excluding diaryl/α,β-unsaturated/α-hetero) is 1. The van der Waals surface area contributed by atoms with Gasteiger partial charge in [-0.1, -0.05) is 42.5 Å². The molecule has 5 rings (SSSR count). The van der Waals surface area contributed by atoms with Crippen molar-refractivity contribution in [3.63, 3.8) is 0 Å². The Hall–Kier alpha value is -4.59. The highest BCUT2D eigenvalue weighted by molar-refractivity contribution is 6.09. The molecule has 0 saturated carbocycles. The van der Waals surface area contributed by atoms with Crippen molar-refractivity contribution in [1.82, 2.24) is 0 Å². The molecule has 0 aromatic heterocycles. The van der Waals surface area contributed by atoms with Crippen LogP contribution in [0.25, 0.3) is 0 Å². The van der Waals surface area contributed by atoms with Gasteiger partial charge in [-0.15, -0.1) is 0 Å². The number of rotatable bonds is 9. The van der Waals surface area contributed by atoms with Crippen LogP contribution in [0.3, 0.4) is 0 Å². The Morgan fingerprint density at radius 1 is 0.881 bits per heavy atom. The number of methoxy groups -OCH3 is 3. The normalized spacial score (nSPS) is 20.0. The van der Waals surface area contributed by atoms with Crippen LogP contribution in [-0.2, 0) is 20.7 Å². The molecule has 0 radical (unpaired) electrons. The molecule has 3 aromatic rings. The number of aliphatic imine (C=N–C) groups is 1. The number of phenolic OH excluding ortho intramolecular Hbond substituents is 1. The van der Waals surface area contributed by atoms with Crippen LogP contribution >= 0.6 is 0 Å². The van der Waals surface area contributed by atoms with Gasteiger partial charge in [-0.25, -0.2) is 0 Å². The maximum absolute atomic E-state index is 14.0. The number of ketones is 1. The number of hydrogen-bond acceptors (Lipinski definition) is 8. The Morgan fingerprint density at radius 2 is 1.57 bits per heavy atom. The van der Waals surface area contributed by atoms with E-state index < -0.39 is 17.8 Å². The second kappa shape index (κ2) is 12.5. The molecule has 2 aliphatic rings. The van der Waals surface area contributed by atoms with E-state index in [-0.39, 0.29) is 36.2 Å². The van der Waals surface area contributed by atoms with Gasteiger partial charge in [0.15, 0.2) is 28.8 Å². The minimum atomic E-state index is -0.796. The predicted octanol–water partition coefficient (Wildman–Crippen LogP) is 5.78. The first-order chi connectivity index (χ1) is 20.3. The second-order valence-corrected chi connectivity index (χ2v) is 10.5. The molecule has 0 saturated heterocycles. The zero-order valence-electron chi connectivity index (χ0n) is 24.3. The second-order valence-electron chi connectivity index (χ2n) is 10.5. The van der Waals surface area contributed by atoms with E-state index >= 15 is 0 Å². The molecular weight excluding hydrogens is 534 g/mol. The molecule has 0 spiro atoms. The van der Waals surface area contributed by atoms with Crippen LogP contribution in [0.15, 0.2) is 83.0 Å². The van der Waals surface area contributed by atoms with Crippen molar-refractivity contribution in [2.75, 3.05) is 27.9 Å². The molecule has 42 heavy (non-hydrogen) atoms. The van der Waals surface area contributed by atoms with Gasteiger partial charge in [0.25, 0.3) is 0 Å². The minimum Gasteiger partial charge on any atom is -0.504 e. The minimum absolute atomic E-state index is 0.0258. The van der Waals surface area contributed by atoms with Crippen molar-refractivity contribution in [2.24, 2.45) is 10.9 Å². The lowest BCUT2D eigenvalue weighted by molar-refractivity contribution is -0.146. The summed E-state index contributed by atoms with van der Waals surface area (Å²) in [7, 11) is 4.63. The number of nitrogens with zero attached hydrogens (tertiary/aromatic N) is 1. The lowest BCUT2D eigenvalue weighted by atomic mass is 9.69. The standard InChI is InChI=1S/C34H35NO7/c1-20-31(34(38)42-15-14-21-8-6-5-7-9-21)32(23-10-12-26(36)29(19-23)40-3)33-25(35-20)16-24(17-27(33)37)22-11-13-28(39-2)30(18-22)41-4/h5-13,18-19,24,31-32,36H,14-17H2,1-4H3/t24-,31?,32-/m1/s1.